The van der Waals surface area contributed by atoms with E-state index in [1.807, 2.05) is 0 Å². The van der Waals surface area contributed by atoms with Gasteiger partial charge in [-0.1, -0.05) is 23.2 Å². The Balaban J connectivity index is 2.74. The average Bonchev–Trinajstić information content (AvgIpc) is 2.40. The Kier molecular flexibility index (Phi) is 6.58. The SMILES string of the molecule is CNC(=O)OC(C)CC(Oc1ccc(Cl)cc1Cl)C(=O)[O-]. The molecule has 0 heterocycles. The van der Waals surface area contributed by atoms with Gasteiger partial charge >= 0.3 is 6.09 Å². The van der Waals surface area contributed by atoms with Crippen molar-refractivity contribution in [1.82, 2.24) is 5.32 Å². The van der Waals surface area contributed by atoms with Gasteiger partial charge in [-0.15, -0.1) is 0 Å². The van der Waals surface area contributed by atoms with E-state index in [9.17, 15) is 14.7 Å². The van der Waals surface area contributed by atoms with E-state index in [4.69, 9.17) is 32.7 Å². The number of carbonyl (C=O) groups excluding carboxylic acids is 2. The smallest absolute Gasteiger partial charge is 0.407 e. The summed E-state index contributed by atoms with van der Waals surface area (Å²) in [7, 11) is 1.40. The maximum Gasteiger partial charge on any atom is 0.407 e. The lowest BCUT2D eigenvalue weighted by atomic mass is 10.1. The molecule has 0 aliphatic carbocycles. The van der Waals surface area contributed by atoms with Crippen LogP contribution in [0.15, 0.2) is 18.2 Å². The molecule has 8 heteroatoms. The van der Waals surface area contributed by atoms with E-state index in [1.54, 1.807) is 0 Å². The monoisotopic (exact) mass is 334 g/mol. The third-order valence-corrected chi connectivity index (χ3v) is 3.01. The quantitative estimate of drug-likeness (QED) is 0.854. The first-order chi connectivity index (χ1) is 9.83. The van der Waals surface area contributed by atoms with Crippen LogP contribution < -0.4 is 15.2 Å². The number of carboxylic acids is 1. The molecule has 21 heavy (non-hydrogen) atoms. The number of rotatable bonds is 6. The third kappa shape index (κ3) is 5.69. The molecule has 0 fully saturated rings. The van der Waals surface area contributed by atoms with Crippen LogP contribution in [0, 0.1) is 0 Å². The molecule has 0 radical (unpaired) electrons. The van der Waals surface area contributed by atoms with E-state index in [2.05, 4.69) is 5.32 Å². The van der Waals surface area contributed by atoms with Gasteiger partial charge in [-0.05, 0) is 25.1 Å². The summed E-state index contributed by atoms with van der Waals surface area (Å²) in [5, 5.41) is 13.9. The lowest BCUT2D eigenvalue weighted by Gasteiger charge is -2.23. The molecule has 2 unspecified atom stereocenters. The molecule has 0 aromatic heterocycles. The fourth-order valence-electron chi connectivity index (χ4n) is 1.51. The second-order valence-electron chi connectivity index (χ2n) is 4.20. The summed E-state index contributed by atoms with van der Waals surface area (Å²) in [5.41, 5.74) is 0. The molecule has 1 amide bonds. The van der Waals surface area contributed by atoms with Crippen molar-refractivity contribution < 1.29 is 24.2 Å². The molecular weight excluding hydrogens is 321 g/mol. The van der Waals surface area contributed by atoms with E-state index < -0.39 is 24.3 Å². The van der Waals surface area contributed by atoms with Crippen LogP contribution in [0.5, 0.6) is 5.75 Å². The highest BCUT2D eigenvalue weighted by Gasteiger charge is 2.20. The lowest BCUT2D eigenvalue weighted by Crippen LogP contribution is -2.42. The van der Waals surface area contributed by atoms with E-state index in [0.29, 0.717) is 5.02 Å². The normalized spacial score (nSPS) is 13.1. The van der Waals surface area contributed by atoms with Crippen LogP contribution in [0.4, 0.5) is 4.79 Å². The molecule has 0 spiro atoms. The van der Waals surface area contributed by atoms with Gasteiger partial charge < -0.3 is 24.7 Å². The molecule has 1 N–H and O–H groups in total. The Morgan fingerprint density at radius 2 is 2.05 bits per heavy atom. The van der Waals surface area contributed by atoms with Gasteiger partial charge in [0.1, 0.15) is 18.0 Å². The predicted octanol–water partition coefficient (Wildman–Crippen LogP) is 1.63. The largest absolute Gasteiger partial charge is 0.546 e. The maximum absolute atomic E-state index is 11.1. The van der Waals surface area contributed by atoms with Crippen molar-refractivity contribution in [3.05, 3.63) is 28.2 Å². The number of benzene rings is 1. The second kappa shape index (κ2) is 7.95. The van der Waals surface area contributed by atoms with E-state index in [0.717, 1.165) is 0 Å². The number of halogens is 2. The molecular formula is C13H14Cl2NO5-. The summed E-state index contributed by atoms with van der Waals surface area (Å²) in [6.45, 7) is 1.54. The number of alkyl carbamates (subject to hydrolysis) is 1. The Morgan fingerprint density at radius 3 is 2.57 bits per heavy atom. The van der Waals surface area contributed by atoms with Gasteiger partial charge in [0.15, 0.2) is 0 Å². The number of aliphatic carboxylic acids is 1. The Bertz CT molecular complexity index is 523. The van der Waals surface area contributed by atoms with Gasteiger partial charge in [-0.25, -0.2) is 4.79 Å². The number of hydrogen-bond donors (Lipinski definition) is 1. The Labute approximate surface area is 131 Å². The van der Waals surface area contributed by atoms with Crippen molar-refractivity contribution in [2.45, 2.75) is 25.6 Å². The second-order valence-corrected chi connectivity index (χ2v) is 5.05. The number of amides is 1. The van der Waals surface area contributed by atoms with Crippen molar-refractivity contribution in [2.24, 2.45) is 0 Å². The van der Waals surface area contributed by atoms with Crippen molar-refractivity contribution in [3.8, 4) is 5.75 Å². The predicted molar refractivity (Wildman–Crippen MR) is 75.5 cm³/mol. The van der Waals surface area contributed by atoms with Gasteiger partial charge in [0.2, 0.25) is 0 Å². The van der Waals surface area contributed by atoms with Crippen LogP contribution in [-0.4, -0.2) is 31.3 Å². The van der Waals surface area contributed by atoms with Gasteiger partial charge in [0, 0.05) is 18.5 Å². The molecule has 0 saturated carbocycles. The van der Waals surface area contributed by atoms with Gasteiger partial charge in [-0.2, -0.15) is 0 Å². The highest BCUT2D eigenvalue weighted by Crippen LogP contribution is 2.28. The van der Waals surface area contributed by atoms with Crippen molar-refractivity contribution in [1.29, 1.82) is 0 Å². The molecule has 0 bridgehead atoms. The van der Waals surface area contributed by atoms with E-state index >= 15 is 0 Å². The molecule has 0 saturated heterocycles. The number of nitrogens with one attached hydrogen (secondary N) is 1. The number of carbonyl (C=O) groups is 2. The fourth-order valence-corrected chi connectivity index (χ4v) is 1.96. The van der Waals surface area contributed by atoms with Crippen LogP contribution in [0.25, 0.3) is 0 Å². The summed E-state index contributed by atoms with van der Waals surface area (Å²) < 4.78 is 10.2. The molecule has 2 atom stereocenters. The number of hydrogen-bond acceptors (Lipinski definition) is 5. The molecule has 0 aliphatic heterocycles. The van der Waals surface area contributed by atoms with Gasteiger partial charge in [-0.3, -0.25) is 0 Å². The number of carboxylic acid groups (broad SMARTS) is 1. The zero-order valence-electron chi connectivity index (χ0n) is 11.4. The van der Waals surface area contributed by atoms with Crippen molar-refractivity contribution in [2.75, 3.05) is 7.05 Å². The first-order valence-corrected chi connectivity index (χ1v) is 6.80. The summed E-state index contributed by atoms with van der Waals surface area (Å²) in [5.74, 6) is -1.28. The maximum atomic E-state index is 11.1. The van der Waals surface area contributed by atoms with Crippen LogP contribution in [0.2, 0.25) is 10.0 Å². The zero-order chi connectivity index (χ0) is 16.0. The minimum absolute atomic E-state index is 0.0886. The standard InChI is InChI=1S/C13H15Cl2NO5/c1-7(20-13(19)16-2)5-11(12(17)18)21-10-4-3-8(14)6-9(10)15/h3-4,6-7,11H,5H2,1-2H3,(H,16,19)(H,17,18)/p-1. The van der Waals surface area contributed by atoms with Crippen LogP contribution in [0.3, 0.4) is 0 Å². The zero-order valence-corrected chi connectivity index (χ0v) is 12.9. The van der Waals surface area contributed by atoms with Crippen LogP contribution >= 0.6 is 23.2 Å². The summed E-state index contributed by atoms with van der Waals surface area (Å²) >= 11 is 11.6. The topological polar surface area (TPSA) is 87.7 Å². The molecule has 1 aromatic rings. The van der Waals surface area contributed by atoms with Crippen LogP contribution in [-0.2, 0) is 9.53 Å². The highest BCUT2D eigenvalue weighted by atomic mass is 35.5. The highest BCUT2D eigenvalue weighted by molar-refractivity contribution is 6.35. The Morgan fingerprint density at radius 1 is 1.38 bits per heavy atom. The van der Waals surface area contributed by atoms with Gasteiger partial charge in [0.25, 0.3) is 0 Å². The number of ether oxygens (including phenoxy) is 2. The van der Waals surface area contributed by atoms with Crippen molar-refractivity contribution >= 4 is 35.3 Å². The molecule has 116 valence electrons. The summed E-state index contributed by atoms with van der Waals surface area (Å²) in [6, 6.07) is 4.39. The van der Waals surface area contributed by atoms with E-state index in [1.165, 1.54) is 32.2 Å². The molecule has 1 rings (SSSR count). The van der Waals surface area contributed by atoms with Gasteiger partial charge in [0.05, 0.1) is 11.0 Å². The minimum atomic E-state index is -1.44. The first kappa shape index (κ1) is 17.4. The first-order valence-electron chi connectivity index (χ1n) is 6.04. The average molecular weight is 335 g/mol. The summed E-state index contributed by atoms with van der Waals surface area (Å²) in [6.07, 6.45) is -2.75. The molecule has 0 aliphatic rings. The molecule has 1 aromatic carbocycles. The summed E-state index contributed by atoms with van der Waals surface area (Å²) in [4.78, 5) is 22.2. The van der Waals surface area contributed by atoms with Crippen LogP contribution in [0.1, 0.15) is 13.3 Å². The molecule has 6 nitrogen and oxygen atoms in total. The third-order valence-electron chi connectivity index (χ3n) is 2.48. The fraction of sp³-hybridized carbons (Fsp3) is 0.385. The minimum Gasteiger partial charge on any atom is -0.546 e. The lowest BCUT2D eigenvalue weighted by molar-refractivity contribution is -0.314. The Hall–Kier alpha value is -1.66. The van der Waals surface area contributed by atoms with E-state index in [-0.39, 0.29) is 17.2 Å². The van der Waals surface area contributed by atoms with Crippen molar-refractivity contribution in [3.63, 3.8) is 0 Å².